The van der Waals surface area contributed by atoms with Crippen LogP contribution in [0.5, 0.6) is 0 Å². The van der Waals surface area contributed by atoms with Gasteiger partial charge in [-0.3, -0.25) is 4.79 Å². The van der Waals surface area contributed by atoms with E-state index in [1.807, 2.05) is 6.92 Å². The van der Waals surface area contributed by atoms with Gasteiger partial charge in [0.05, 0.1) is 6.10 Å². The van der Waals surface area contributed by atoms with E-state index < -0.39 is 12.2 Å². The maximum absolute atomic E-state index is 11.9. The second-order valence-corrected chi connectivity index (χ2v) is 4.93. The van der Waals surface area contributed by atoms with Crippen LogP contribution >= 0.6 is 0 Å². The summed E-state index contributed by atoms with van der Waals surface area (Å²) in [6.45, 7) is 11.9. The van der Waals surface area contributed by atoms with Crippen LogP contribution < -0.4 is 0 Å². The molecular formula is C17H30O6. The standard InChI is InChI=1S/C17H30O6/c1-6-9-15(21-12-19-5)10-11-17(18)23-14(4)16(7-2)22-13-20-8-3/h6-7,14-16H,1-2,8-13H2,3-5H3/t14-,15-,16-/m1/s1. The fraction of sp³-hybridized carbons (Fsp3) is 0.706. The van der Waals surface area contributed by atoms with Crippen molar-refractivity contribution >= 4 is 5.97 Å². The number of rotatable bonds is 15. The number of ether oxygens (including phenoxy) is 5. The first kappa shape index (κ1) is 21.8. The first-order valence-corrected chi connectivity index (χ1v) is 7.81. The molecule has 0 aromatic rings. The normalized spacial score (nSPS) is 14.7. The molecule has 0 amide bonds. The fourth-order valence-electron chi connectivity index (χ4n) is 1.84. The highest BCUT2D eigenvalue weighted by Gasteiger charge is 2.20. The molecule has 0 fully saturated rings. The van der Waals surface area contributed by atoms with Gasteiger partial charge < -0.3 is 23.7 Å². The Hall–Kier alpha value is -1.21. The Balaban J connectivity index is 4.17. The Labute approximate surface area is 139 Å². The minimum absolute atomic E-state index is 0.111. The lowest BCUT2D eigenvalue weighted by Crippen LogP contribution is -2.30. The van der Waals surface area contributed by atoms with E-state index in [0.29, 0.717) is 19.4 Å². The van der Waals surface area contributed by atoms with Crippen molar-refractivity contribution in [2.75, 3.05) is 27.3 Å². The maximum Gasteiger partial charge on any atom is 0.306 e. The Bertz CT molecular complexity index is 331. The number of esters is 1. The highest BCUT2D eigenvalue weighted by Crippen LogP contribution is 2.12. The van der Waals surface area contributed by atoms with Crippen molar-refractivity contribution in [1.29, 1.82) is 0 Å². The fourth-order valence-corrected chi connectivity index (χ4v) is 1.84. The van der Waals surface area contributed by atoms with Gasteiger partial charge in [0.15, 0.2) is 0 Å². The minimum atomic E-state index is -0.432. The van der Waals surface area contributed by atoms with Crippen LogP contribution in [-0.4, -0.2) is 51.6 Å². The van der Waals surface area contributed by atoms with Gasteiger partial charge >= 0.3 is 5.97 Å². The third kappa shape index (κ3) is 11.0. The van der Waals surface area contributed by atoms with E-state index in [-0.39, 0.29) is 32.1 Å². The summed E-state index contributed by atoms with van der Waals surface area (Å²) >= 11 is 0. The van der Waals surface area contributed by atoms with E-state index in [0.717, 1.165) is 0 Å². The molecule has 0 spiro atoms. The van der Waals surface area contributed by atoms with Crippen molar-refractivity contribution < 1.29 is 28.5 Å². The largest absolute Gasteiger partial charge is 0.460 e. The number of carbonyl (C=O) groups is 1. The van der Waals surface area contributed by atoms with Gasteiger partial charge in [-0.2, -0.15) is 0 Å². The Morgan fingerprint density at radius 2 is 1.96 bits per heavy atom. The zero-order valence-corrected chi connectivity index (χ0v) is 14.5. The first-order valence-electron chi connectivity index (χ1n) is 7.81. The van der Waals surface area contributed by atoms with E-state index in [1.165, 1.54) is 0 Å². The lowest BCUT2D eigenvalue weighted by molar-refractivity contribution is -0.161. The van der Waals surface area contributed by atoms with E-state index in [9.17, 15) is 4.79 Å². The Morgan fingerprint density at radius 1 is 1.22 bits per heavy atom. The van der Waals surface area contributed by atoms with Gasteiger partial charge in [-0.05, 0) is 26.7 Å². The lowest BCUT2D eigenvalue weighted by Gasteiger charge is -2.22. The van der Waals surface area contributed by atoms with E-state index in [4.69, 9.17) is 23.7 Å². The van der Waals surface area contributed by atoms with Crippen LogP contribution in [0.25, 0.3) is 0 Å². The van der Waals surface area contributed by atoms with Gasteiger partial charge in [0.2, 0.25) is 0 Å². The highest BCUT2D eigenvalue weighted by molar-refractivity contribution is 5.69. The maximum atomic E-state index is 11.9. The van der Waals surface area contributed by atoms with Crippen LogP contribution in [0.4, 0.5) is 0 Å². The summed E-state index contributed by atoms with van der Waals surface area (Å²) in [5.41, 5.74) is 0. The zero-order valence-electron chi connectivity index (χ0n) is 14.5. The number of carbonyl (C=O) groups excluding carboxylic acids is 1. The monoisotopic (exact) mass is 330 g/mol. The molecule has 0 bridgehead atoms. The van der Waals surface area contributed by atoms with Crippen LogP contribution in [-0.2, 0) is 28.5 Å². The average molecular weight is 330 g/mol. The van der Waals surface area contributed by atoms with Crippen molar-refractivity contribution in [3.63, 3.8) is 0 Å². The third-order valence-electron chi connectivity index (χ3n) is 3.08. The van der Waals surface area contributed by atoms with Crippen molar-refractivity contribution in [2.45, 2.75) is 51.4 Å². The van der Waals surface area contributed by atoms with Crippen molar-refractivity contribution in [3.05, 3.63) is 25.3 Å². The average Bonchev–Trinajstić information content (AvgIpc) is 2.54. The molecule has 6 heteroatoms. The molecule has 23 heavy (non-hydrogen) atoms. The van der Waals surface area contributed by atoms with E-state index in [1.54, 1.807) is 26.2 Å². The van der Waals surface area contributed by atoms with Crippen LogP contribution in [0.1, 0.15) is 33.1 Å². The molecule has 0 aromatic carbocycles. The van der Waals surface area contributed by atoms with Gasteiger partial charge in [0.1, 0.15) is 25.8 Å². The predicted molar refractivity (Wildman–Crippen MR) is 87.9 cm³/mol. The molecule has 0 rings (SSSR count). The van der Waals surface area contributed by atoms with Crippen LogP contribution in [0.3, 0.4) is 0 Å². The molecule has 3 atom stereocenters. The van der Waals surface area contributed by atoms with Crippen molar-refractivity contribution in [1.82, 2.24) is 0 Å². The first-order chi connectivity index (χ1) is 11.1. The summed E-state index contributed by atoms with van der Waals surface area (Å²) in [6, 6.07) is 0. The van der Waals surface area contributed by atoms with Gasteiger partial charge in [-0.15, -0.1) is 13.2 Å². The minimum Gasteiger partial charge on any atom is -0.460 e. The molecule has 0 aliphatic carbocycles. The summed E-state index contributed by atoms with van der Waals surface area (Å²) < 4.78 is 26.3. The molecule has 0 saturated carbocycles. The molecule has 6 nitrogen and oxygen atoms in total. The van der Waals surface area contributed by atoms with Crippen molar-refractivity contribution in [2.24, 2.45) is 0 Å². The SMILES string of the molecule is C=CC[C@H](CCC(=O)O[C@H](C)[C@@H](C=C)OCOCC)OCOC. The predicted octanol–water partition coefficient (Wildman–Crippen LogP) is 2.83. The summed E-state index contributed by atoms with van der Waals surface area (Å²) in [5, 5.41) is 0. The second kappa shape index (κ2) is 14.4. The quantitative estimate of drug-likeness (QED) is 0.199. The lowest BCUT2D eigenvalue weighted by atomic mass is 10.1. The van der Waals surface area contributed by atoms with Crippen LogP contribution in [0.2, 0.25) is 0 Å². The van der Waals surface area contributed by atoms with Gasteiger partial charge in [-0.25, -0.2) is 0 Å². The van der Waals surface area contributed by atoms with E-state index >= 15 is 0 Å². The molecule has 0 unspecified atom stereocenters. The Morgan fingerprint density at radius 3 is 2.52 bits per heavy atom. The summed E-state index contributed by atoms with van der Waals surface area (Å²) in [4.78, 5) is 11.9. The zero-order chi connectivity index (χ0) is 17.5. The third-order valence-corrected chi connectivity index (χ3v) is 3.08. The molecule has 0 N–H and O–H groups in total. The summed E-state index contributed by atoms with van der Waals surface area (Å²) in [5.74, 6) is -0.306. The molecule has 0 aliphatic rings. The van der Waals surface area contributed by atoms with Gasteiger partial charge in [0, 0.05) is 20.1 Å². The highest BCUT2D eigenvalue weighted by atomic mass is 16.7. The smallest absolute Gasteiger partial charge is 0.306 e. The van der Waals surface area contributed by atoms with Gasteiger partial charge in [-0.1, -0.05) is 12.2 Å². The molecule has 0 aliphatic heterocycles. The number of hydrogen-bond acceptors (Lipinski definition) is 6. The molecular weight excluding hydrogens is 300 g/mol. The van der Waals surface area contributed by atoms with Crippen molar-refractivity contribution in [3.8, 4) is 0 Å². The van der Waals surface area contributed by atoms with Gasteiger partial charge in [0.25, 0.3) is 0 Å². The second-order valence-electron chi connectivity index (χ2n) is 4.93. The van der Waals surface area contributed by atoms with E-state index in [2.05, 4.69) is 13.2 Å². The molecule has 0 heterocycles. The van der Waals surface area contributed by atoms with Crippen LogP contribution in [0.15, 0.2) is 25.3 Å². The molecule has 0 radical (unpaired) electrons. The number of methoxy groups -OCH3 is 1. The van der Waals surface area contributed by atoms with Crippen LogP contribution in [0, 0.1) is 0 Å². The summed E-state index contributed by atoms with van der Waals surface area (Å²) in [7, 11) is 1.55. The Kier molecular flexibility index (Phi) is 13.6. The number of hydrogen-bond donors (Lipinski definition) is 0. The molecule has 134 valence electrons. The summed E-state index contributed by atoms with van der Waals surface area (Å²) in [6.07, 6.45) is 3.85. The molecule has 0 saturated heterocycles. The topological polar surface area (TPSA) is 63.2 Å². The molecule has 0 aromatic heterocycles.